The van der Waals surface area contributed by atoms with Gasteiger partial charge < -0.3 is 11.1 Å². The summed E-state index contributed by atoms with van der Waals surface area (Å²) in [5.74, 6) is 0.659. The van der Waals surface area contributed by atoms with Crippen molar-refractivity contribution in [3.05, 3.63) is 20.8 Å². The van der Waals surface area contributed by atoms with E-state index < -0.39 is 0 Å². The lowest BCUT2D eigenvalue weighted by molar-refractivity contribution is -0.122. The molecule has 5 heteroatoms. The van der Waals surface area contributed by atoms with Crippen LogP contribution in [0.1, 0.15) is 43.4 Å². The highest BCUT2D eigenvalue weighted by molar-refractivity contribution is 9.11. The van der Waals surface area contributed by atoms with Crippen LogP contribution in [0.4, 0.5) is 0 Å². The average Bonchev–Trinajstić information content (AvgIpc) is 2.85. The zero-order valence-corrected chi connectivity index (χ0v) is 14.1. The zero-order chi connectivity index (χ0) is 14.4. The van der Waals surface area contributed by atoms with Crippen molar-refractivity contribution in [1.82, 2.24) is 5.32 Å². The Bertz CT molecular complexity index is 435. The molecule has 20 heavy (non-hydrogen) atoms. The van der Waals surface area contributed by atoms with Crippen molar-refractivity contribution in [3.8, 4) is 0 Å². The lowest BCUT2D eigenvalue weighted by atomic mass is 9.84. The third-order valence-corrected chi connectivity index (χ3v) is 5.70. The van der Waals surface area contributed by atoms with Gasteiger partial charge in [-0.25, -0.2) is 0 Å². The van der Waals surface area contributed by atoms with Crippen LogP contribution in [0.5, 0.6) is 0 Å². The van der Waals surface area contributed by atoms with Crippen molar-refractivity contribution in [2.45, 2.75) is 51.0 Å². The largest absolute Gasteiger partial charge is 0.353 e. The lowest BCUT2D eigenvalue weighted by Gasteiger charge is -2.31. The van der Waals surface area contributed by atoms with Crippen molar-refractivity contribution in [1.29, 1.82) is 0 Å². The molecule has 1 aromatic rings. The van der Waals surface area contributed by atoms with Gasteiger partial charge in [-0.05, 0) is 66.2 Å². The summed E-state index contributed by atoms with van der Waals surface area (Å²) in [7, 11) is 0. The Kier molecular flexibility index (Phi) is 6.52. The fourth-order valence-corrected chi connectivity index (χ4v) is 4.39. The van der Waals surface area contributed by atoms with Crippen LogP contribution >= 0.6 is 27.3 Å². The Morgan fingerprint density at radius 1 is 1.40 bits per heavy atom. The molecule has 1 saturated carbocycles. The molecule has 0 aromatic carbocycles. The van der Waals surface area contributed by atoms with E-state index in [1.165, 1.54) is 17.7 Å². The van der Waals surface area contributed by atoms with Crippen molar-refractivity contribution in [2.24, 2.45) is 11.7 Å². The summed E-state index contributed by atoms with van der Waals surface area (Å²) in [6.07, 6.45) is 7.22. The molecule has 1 aliphatic carbocycles. The first kappa shape index (κ1) is 16.0. The summed E-state index contributed by atoms with van der Waals surface area (Å²) in [4.78, 5) is 13.3. The first-order chi connectivity index (χ1) is 9.69. The van der Waals surface area contributed by atoms with Gasteiger partial charge in [0.05, 0.1) is 3.79 Å². The van der Waals surface area contributed by atoms with Gasteiger partial charge in [-0.1, -0.05) is 12.8 Å². The monoisotopic (exact) mass is 358 g/mol. The Hall–Kier alpha value is -0.390. The molecule has 2 rings (SSSR count). The van der Waals surface area contributed by atoms with Crippen LogP contribution in [0.15, 0.2) is 15.9 Å². The van der Waals surface area contributed by atoms with E-state index in [2.05, 4.69) is 33.4 Å². The maximum atomic E-state index is 12.0. The number of amides is 1. The van der Waals surface area contributed by atoms with E-state index in [1.807, 2.05) is 0 Å². The molecular formula is C15H23BrN2OS. The zero-order valence-electron chi connectivity index (χ0n) is 11.7. The number of nitrogens with two attached hydrogens (primary N) is 1. The molecule has 2 unspecified atom stereocenters. The number of carbonyl (C=O) groups is 1. The topological polar surface area (TPSA) is 55.1 Å². The minimum atomic E-state index is 0.186. The van der Waals surface area contributed by atoms with Crippen LogP contribution in [0, 0.1) is 5.92 Å². The van der Waals surface area contributed by atoms with Crippen molar-refractivity contribution >= 4 is 33.2 Å². The summed E-state index contributed by atoms with van der Waals surface area (Å²) in [5.41, 5.74) is 5.79. The maximum Gasteiger partial charge on any atom is 0.220 e. The minimum Gasteiger partial charge on any atom is -0.353 e. The van der Waals surface area contributed by atoms with E-state index in [-0.39, 0.29) is 5.91 Å². The molecule has 0 saturated heterocycles. The molecule has 1 amide bonds. The molecule has 112 valence electrons. The van der Waals surface area contributed by atoms with Gasteiger partial charge in [0.25, 0.3) is 0 Å². The minimum absolute atomic E-state index is 0.186. The SMILES string of the molecule is NCC1CCCCC1NC(=O)CCCc1ccc(Br)s1. The van der Waals surface area contributed by atoms with E-state index in [0.29, 0.717) is 24.9 Å². The molecule has 1 heterocycles. The van der Waals surface area contributed by atoms with E-state index in [9.17, 15) is 4.79 Å². The maximum absolute atomic E-state index is 12.0. The van der Waals surface area contributed by atoms with Gasteiger partial charge >= 0.3 is 0 Å². The molecule has 3 N–H and O–H groups in total. The number of aryl methyl sites for hydroxylation is 1. The second-order valence-electron chi connectivity index (χ2n) is 5.51. The molecule has 0 aliphatic heterocycles. The first-order valence-electron chi connectivity index (χ1n) is 7.42. The van der Waals surface area contributed by atoms with Gasteiger partial charge in [0.2, 0.25) is 5.91 Å². The fraction of sp³-hybridized carbons (Fsp3) is 0.667. The Morgan fingerprint density at radius 3 is 2.90 bits per heavy atom. The molecular weight excluding hydrogens is 336 g/mol. The molecule has 0 bridgehead atoms. The molecule has 1 aromatic heterocycles. The third-order valence-electron chi connectivity index (χ3n) is 4.01. The van der Waals surface area contributed by atoms with Gasteiger partial charge in [-0.2, -0.15) is 0 Å². The van der Waals surface area contributed by atoms with E-state index in [0.717, 1.165) is 29.5 Å². The lowest BCUT2D eigenvalue weighted by Crippen LogP contribution is -2.44. The Balaban J connectivity index is 1.69. The number of thiophene rings is 1. The number of nitrogens with one attached hydrogen (secondary N) is 1. The van der Waals surface area contributed by atoms with Crippen LogP contribution in [0.25, 0.3) is 0 Å². The second kappa shape index (κ2) is 8.15. The Morgan fingerprint density at radius 2 is 2.20 bits per heavy atom. The molecule has 1 fully saturated rings. The highest BCUT2D eigenvalue weighted by Gasteiger charge is 2.24. The molecule has 2 atom stereocenters. The summed E-state index contributed by atoms with van der Waals surface area (Å²) >= 11 is 5.21. The quantitative estimate of drug-likeness (QED) is 0.817. The van der Waals surface area contributed by atoms with Crippen LogP contribution in [0.3, 0.4) is 0 Å². The number of hydrogen-bond acceptors (Lipinski definition) is 3. The summed E-state index contributed by atoms with van der Waals surface area (Å²) in [5, 5.41) is 3.19. The molecule has 1 aliphatic rings. The summed E-state index contributed by atoms with van der Waals surface area (Å²) < 4.78 is 1.16. The smallest absolute Gasteiger partial charge is 0.220 e. The summed E-state index contributed by atoms with van der Waals surface area (Å²) in [6.45, 7) is 0.689. The van der Waals surface area contributed by atoms with Gasteiger partial charge in [0.15, 0.2) is 0 Å². The highest BCUT2D eigenvalue weighted by atomic mass is 79.9. The predicted molar refractivity (Wildman–Crippen MR) is 87.9 cm³/mol. The van der Waals surface area contributed by atoms with Crippen molar-refractivity contribution in [3.63, 3.8) is 0 Å². The van der Waals surface area contributed by atoms with Gasteiger partial charge in [0, 0.05) is 17.3 Å². The predicted octanol–water partition coefficient (Wildman–Crippen LogP) is 3.47. The third kappa shape index (κ3) is 4.86. The van der Waals surface area contributed by atoms with Crippen LogP contribution < -0.4 is 11.1 Å². The van der Waals surface area contributed by atoms with Crippen LogP contribution in [-0.2, 0) is 11.2 Å². The van der Waals surface area contributed by atoms with E-state index >= 15 is 0 Å². The number of hydrogen-bond donors (Lipinski definition) is 2. The van der Waals surface area contributed by atoms with E-state index in [1.54, 1.807) is 11.3 Å². The standard InChI is InChI=1S/C15H23BrN2OS/c16-14-9-8-12(20-14)5-3-7-15(19)18-13-6-2-1-4-11(13)10-17/h8-9,11,13H,1-7,10,17H2,(H,18,19). The normalized spacial score (nSPS) is 22.7. The fourth-order valence-electron chi connectivity index (χ4n) is 2.87. The summed E-state index contributed by atoms with van der Waals surface area (Å²) in [6, 6.07) is 4.49. The van der Waals surface area contributed by atoms with Crippen molar-refractivity contribution < 1.29 is 4.79 Å². The number of rotatable bonds is 6. The van der Waals surface area contributed by atoms with Gasteiger partial charge in [-0.15, -0.1) is 11.3 Å². The van der Waals surface area contributed by atoms with E-state index in [4.69, 9.17) is 5.73 Å². The molecule has 0 spiro atoms. The number of halogens is 1. The van der Waals surface area contributed by atoms with Crippen LogP contribution in [-0.4, -0.2) is 18.5 Å². The van der Waals surface area contributed by atoms with Gasteiger partial charge in [0.1, 0.15) is 0 Å². The number of carbonyl (C=O) groups excluding carboxylic acids is 1. The first-order valence-corrected chi connectivity index (χ1v) is 9.03. The second-order valence-corrected chi connectivity index (χ2v) is 8.06. The molecule has 3 nitrogen and oxygen atoms in total. The van der Waals surface area contributed by atoms with Crippen LogP contribution in [0.2, 0.25) is 0 Å². The van der Waals surface area contributed by atoms with Crippen molar-refractivity contribution in [2.75, 3.05) is 6.54 Å². The Labute approximate surface area is 133 Å². The molecule has 0 radical (unpaired) electrons. The average molecular weight is 359 g/mol. The highest BCUT2D eigenvalue weighted by Crippen LogP contribution is 2.24. The van der Waals surface area contributed by atoms with Gasteiger partial charge in [-0.3, -0.25) is 4.79 Å².